The Kier molecular flexibility index (Phi) is 3.24. The topological polar surface area (TPSA) is 53.1 Å². The van der Waals surface area contributed by atoms with Gasteiger partial charge in [-0.05, 0) is 6.92 Å². The van der Waals surface area contributed by atoms with Crippen LogP contribution in [0.4, 0.5) is 0 Å². The number of thiol groups is 1. The molecule has 0 saturated heterocycles. The average molecular weight is 200 g/mol. The average Bonchev–Trinajstić information content (AvgIpc) is 2.35. The summed E-state index contributed by atoms with van der Waals surface area (Å²) in [6.45, 7) is 1.87. The van der Waals surface area contributed by atoms with Gasteiger partial charge >= 0.3 is 0 Å². The highest BCUT2D eigenvalue weighted by Crippen LogP contribution is 1.90. The van der Waals surface area contributed by atoms with Gasteiger partial charge in [0.1, 0.15) is 5.82 Å². The molecule has 0 aliphatic rings. The Labute approximate surface area is 80.9 Å². The summed E-state index contributed by atoms with van der Waals surface area (Å²) in [5.74, 6) is 0.852. The van der Waals surface area contributed by atoms with Crippen molar-refractivity contribution in [1.82, 2.24) is 15.4 Å². The highest BCUT2D eigenvalue weighted by atomic mass is 32.1. The molecule has 0 unspecified atom stereocenters. The number of rotatable bonds is 2. The quantitative estimate of drug-likeness (QED) is 0.287. The molecule has 0 aromatic carbocycles. The minimum atomic E-state index is 0.336. The van der Waals surface area contributed by atoms with E-state index in [1.54, 1.807) is 12.4 Å². The zero-order valence-electron chi connectivity index (χ0n) is 6.40. The number of hydrazone groups is 1. The molecule has 0 amide bonds. The van der Waals surface area contributed by atoms with Crippen molar-refractivity contribution in [3.63, 3.8) is 0 Å². The molecule has 4 nitrogen and oxygen atoms in total. The molecule has 1 aromatic rings. The van der Waals surface area contributed by atoms with Crippen LogP contribution in [-0.2, 0) is 0 Å². The summed E-state index contributed by atoms with van der Waals surface area (Å²) in [5.41, 5.74) is 3.34. The third kappa shape index (κ3) is 3.02. The summed E-state index contributed by atoms with van der Waals surface area (Å²) in [6.07, 6.45) is 3.27. The van der Waals surface area contributed by atoms with Crippen LogP contribution in [0.3, 0.4) is 0 Å². The van der Waals surface area contributed by atoms with Crippen LogP contribution in [-0.4, -0.2) is 20.5 Å². The third-order valence-corrected chi connectivity index (χ3v) is 1.28. The van der Waals surface area contributed by atoms with Crippen LogP contribution < -0.4 is 5.43 Å². The number of nitrogens with one attached hydrogen (secondary N) is 2. The van der Waals surface area contributed by atoms with Crippen LogP contribution >= 0.6 is 24.8 Å². The van der Waals surface area contributed by atoms with Gasteiger partial charge in [0, 0.05) is 0 Å². The lowest BCUT2D eigenvalue weighted by Crippen LogP contribution is -2.07. The molecule has 0 saturated carbocycles. The van der Waals surface area contributed by atoms with E-state index in [1.807, 2.05) is 6.92 Å². The van der Waals surface area contributed by atoms with Crippen molar-refractivity contribution in [3.05, 3.63) is 17.7 Å². The molecule has 0 aliphatic carbocycles. The maximum Gasteiger partial charge on any atom is 0.150 e. The van der Waals surface area contributed by atoms with E-state index in [4.69, 9.17) is 0 Å². The third-order valence-electron chi connectivity index (χ3n) is 1.09. The molecule has 0 fully saturated rings. The smallest absolute Gasteiger partial charge is 0.150 e. The molecule has 1 aromatic heterocycles. The van der Waals surface area contributed by atoms with Crippen LogP contribution in [0.15, 0.2) is 11.3 Å². The Morgan fingerprint density at radius 1 is 1.92 bits per heavy atom. The first-order valence-electron chi connectivity index (χ1n) is 3.22. The van der Waals surface area contributed by atoms with E-state index in [2.05, 4.69) is 45.3 Å². The first-order valence-corrected chi connectivity index (χ1v) is 4.07. The first kappa shape index (κ1) is 9.21. The predicted octanol–water partition coefficient (Wildman–Crippen LogP) is 0.856. The second kappa shape index (κ2) is 4.22. The van der Waals surface area contributed by atoms with E-state index in [0.717, 1.165) is 11.5 Å². The summed E-state index contributed by atoms with van der Waals surface area (Å²) in [6, 6.07) is 0. The number of H-pyrrole nitrogens is 1. The van der Waals surface area contributed by atoms with Gasteiger partial charge in [0.25, 0.3) is 0 Å². The van der Waals surface area contributed by atoms with Gasteiger partial charge in [0.05, 0.1) is 18.1 Å². The van der Waals surface area contributed by atoms with Gasteiger partial charge < -0.3 is 4.98 Å². The molecule has 1 rings (SSSR count). The number of thiocarbonyl (C=S) groups is 1. The van der Waals surface area contributed by atoms with Crippen LogP contribution in [0.1, 0.15) is 11.5 Å². The van der Waals surface area contributed by atoms with Crippen molar-refractivity contribution in [2.45, 2.75) is 6.92 Å². The molecule has 64 valence electrons. The van der Waals surface area contributed by atoms with E-state index < -0.39 is 0 Å². The van der Waals surface area contributed by atoms with Crippen molar-refractivity contribution < 1.29 is 0 Å². The number of hydrogen-bond donors (Lipinski definition) is 3. The molecule has 12 heavy (non-hydrogen) atoms. The van der Waals surface area contributed by atoms with E-state index >= 15 is 0 Å². The molecule has 0 radical (unpaired) electrons. The standard InChI is InChI=1S/C6H8N4S2/c1-4-7-2-5(9-4)3-8-10-6(11)12/h2-3H,1H3,(H,7,9)(H2,10,11,12)/b8-3+. The van der Waals surface area contributed by atoms with E-state index in [-0.39, 0.29) is 0 Å². The number of aromatic amines is 1. The predicted molar refractivity (Wildman–Crippen MR) is 55.6 cm³/mol. The lowest BCUT2D eigenvalue weighted by atomic mass is 10.5. The Morgan fingerprint density at radius 2 is 2.67 bits per heavy atom. The van der Waals surface area contributed by atoms with E-state index in [9.17, 15) is 0 Å². The monoisotopic (exact) mass is 200 g/mol. The van der Waals surface area contributed by atoms with Crippen molar-refractivity contribution in [3.8, 4) is 0 Å². The molecule has 0 spiro atoms. The van der Waals surface area contributed by atoms with Gasteiger partial charge in [-0.15, -0.1) is 12.6 Å². The SMILES string of the molecule is Cc1ncc(/C=N/NC(=S)S)[nH]1. The molecule has 0 atom stereocenters. The van der Waals surface area contributed by atoms with E-state index in [1.165, 1.54) is 0 Å². The van der Waals surface area contributed by atoms with Crippen molar-refractivity contribution in [2.75, 3.05) is 0 Å². The lowest BCUT2D eigenvalue weighted by Gasteiger charge is -1.90. The molecule has 0 bridgehead atoms. The fourth-order valence-corrected chi connectivity index (χ4v) is 0.773. The molecule has 1 heterocycles. The minimum absolute atomic E-state index is 0.336. The number of imidazole rings is 1. The number of hydrogen-bond acceptors (Lipinski definition) is 3. The van der Waals surface area contributed by atoms with Crippen LogP contribution in [0, 0.1) is 6.92 Å². The zero-order valence-corrected chi connectivity index (χ0v) is 8.12. The van der Waals surface area contributed by atoms with Crippen molar-refractivity contribution >= 4 is 35.4 Å². The minimum Gasteiger partial charge on any atom is -0.341 e. The van der Waals surface area contributed by atoms with Crippen LogP contribution in [0.5, 0.6) is 0 Å². The number of aryl methyl sites for hydroxylation is 1. The fourth-order valence-electron chi connectivity index (χ4n) is 0.662. The summed E-state index contributed by atoms with van der Waals surface area (Å²) in [5, 5.41) is 3.79. The van der Waals surface area contributed by atoms with E-state index in [0.29, 0.717) is 4.32 Å². The normalized spacial score (nSPS) is 10.5. The van der Waals surface area contributed by atoms with Gasteiger partial charge in [0.15, 0.2) is 4.32 Å². The maximum atomic E-state index is 4.63. The lowest BCUT2D eigenvalue weighted by molar-refractivity contribution is 1.07. The Balaban J connectivity index is 2.52. The Morgan fingerprint density at radius 3 is 3.17 bits per heavy atom. The van der Waals surface area contributed by atoms with Gasteiger partial charge in [-0.1, -0.05) is 12.2 Å². The van der Waals surface area contributed by atoms with Gasteiger partial charge in [-0.25, -0.2) is 4.98 Å². The van der Waals surface area contributed by atoms with Crippen molar-refractivity contribution in [1.29, 1.82) is 0 Å². The second-order valence-electron chi connectivity index (χ2n) is 2.10. The Hall–Kier alpha value is -0.880. The highest BCUT2D eigenvalue weighted by molar-refractivity contribution is 8.11. The van der Waals surface area contributed by atoms with Gasteiger partial charge in [-0.3, -0.25) is 5.43 Å². The molecule has 6 heteroatoms. The molecular formula is C6H8N4S2. The van der Waals surface area contributed by atoms with Gasteiger partial charge in [-0.2, -0.15) is 5.10 Å². The van der Waals surface area contributed by atoms with Crippen LogP contribution in [0.2, 0.25) is 0 Å². The van der Waals surface area contributed by atoms with Crippen molar-refractivity contribution in [2.24, 2.45) is 5.10 Å². The summed E-state index contributed by atoms with van der Waals surface area (Å²) in [4.78, 5) is 6.97. The molecule has 0 aliphatic heterocycles. The Bertz CT molecular complexity index is 304. The first-order chi connectivity index (χ1) is 5.68. The summed E-state index contributed by atoms with van der Waals surface area (Å²) in [7, 11) is 0. The fraction of sp³-hybridized carbons (Fsp3) is 0.167. The highest BCUT2D eigenvalue weighted by Gasteiger charge is 1.90. The van der Waals surface area contributed by atoms with Crippen LogP contribution in [0.25, 0.3) is 0 Å². The number of nitrogens with zero attached hydrogens (tertiary/aromatic N) is 2. The molecule has 2 N–H and O–H groups in total. The maximum absolute atomic E-state index is 4.63. The largest absolute Gasteiger partial charge is 0.341 e. The summed E-state index contributed by atoms with van der Waals surface area (Å²) < 4.78 is 0.336. The summed E-state index contributed by atoms with van der Waals surface area (Å²) >= 11 is 8.46. The zero-order chi connectivity index (χ0) is 8.97. The van der Waals surface area contributed by atoms with Gasteiger partial charge in [0.2, 0.25) is 0 Å². The molecular weight excluding hydrogens is 192 g/mol. The number of aromatic nitrogens is 2. The second-order valence-corrected chi connectivity index (χ2v) is 3.26.